The van der Waals surface area contributed by atoms with E-state index in [2.05, 4.69) is 4.99 Å². The molecule has 1 atom stereocenters. The lowest BCUT2D eigenvalue weighted by atomic mass is 9.95. The normalized spacial score (nSPS) is 15.8. The van der Waals surface area contributed by atoms with Crippen LogP contribution in [0.2, 0.25) is 0 Å². The number of ether oxygens (including phenoxy) is 1. The van der Waals surface area contributed by atoms with Gasteiger partial charge >= 0.3 is 12.1 Å². The number of nitrogens with zero attached hydrogens (tertiary/aromatic N) is 2. The molecule has 1 aliphatic heterocycles. The summed E-state index contributed by atoms with van der Waals surface area (Å²) in [6.45, 7) is 1.89. The SMILES string of the molecule is CCC1=C(C(=O)OC)[C@@H](c2ccccc2)n2c(s/c(=C\c3ccc(SCC(F)(F)F)c4ccccc34)c2=O)=N1. The third kappa shape index (κ3) is 5.31. The first kappa shape index (κ1) is 27.0. The number of esters is 1. The van der Waals surface area contributed by atoms with Gasteiger partial charge in [-0.15, -0.1) is 11.8 Å². The molecule has 0 radical (unpaired) electrons. The Kier molecular flexibility index (Phi) is 7.51. The molecule has 0 bridgehead atoms. The fourth-order valence-corrected chi connectivity index (χ4v) is 6.49. The number of thiazole rings is 1. The molecule has 1 aromatic heterocycles. The Morgan fingerprint density at radius 3 is 2.44 bits per heavy atom. The number of aromatic nitrogens is 1. The summed E-state index contributed by atoms with van der Waals surface area (Å²) in [7, 11) is 1.30. The lowest BCUT2D eigenvalue weighted by Crippen LogP contribution is -2.40. The molecular formula is C29H23F3N2O3S2. The van der Waals surface area contributed by atoms with Gasteiger partial charge in [0.2, 0.25) is 0 Å². The number of thioether (sulfide) groups is 1. The van der Waals surface area contributed by atoms with Crippen molar-refractivity contribution in [3.8, 4) is 0 Å². The Balaban J connectivity index is 1.69. The van der Waals surface area contributed by atoms with Crippen molar-refractivity contribution >= 4 is 45.9 Å². The summed E-state index contributed by atoms with van der Waals surface area (Å²) in [5.74, 6) is -1.53. The molecule has 0 fully saturated rings. The van der Waals surface area contributed by atoms with Crippen molar-refractivity contribution < 1.29 is 22.7 Å². The molecule has 5 nitrogen and oxygen atoms in total. The van der Waals surface area contributed by atoms with Crippen LogP contribution in [-0.2, 0) is 9.53 Å². The zero-order valence-electron chi connectivity index (χ0n) is 21.0. The van der Waals surface area contributed by atoms with Gasteiger partial charge in [0.25, 0.3) is 5.56 Å². The number of hydrogen-bond acceptors (Lipinski definition) is 6. The predicted octanol–water partition coefficient (Wildman–Crippen LogP) is 5.61. The molecule has 0 spiro atoms. The van der Waals surface area contributed by atoms with Crippen molar-refractivity contribution in [1.29, 1.82) is 0 Å². The van der Waals surface area contributed by atoms with Crippen LogP contribution in [0.4, 0.5) is 13.2 Å². The molecule has 2 heterocycles. The highest BCUT2D eigenvalue weighted by molar-refractivity contribution is 7.99. The average molecular weight is 569 g/mol. The summed E-state index contributed by atoms with van der Waals surface area (Å²) in [5, 5.41) is 1.41. The Hall–Kier alpha value is -3.63. The van der Waals surface area contributed by atoms with Gasteiger partial charge in [0.15, 0.2) is 4.80 Å². The van der Waals surface area contributed by atoms with Crippen LogP contribution in [-0.4, -0.2) is 29.6 Å². The van der Waals surface area contributed by atoms with Crippen LogP contribution < -0.4 is 14.9 Å². The molecule has 3 aromatic carbocycles. The van der Waals surface area contributed by atoms with E-state index in [1.807, 2.05) is 49.4 Å². The van der Waals surface area contributed by atoms with E-state index in [1.54, 1.807) is 30.3 Å². The second kappa shape index (κ2) is 10.9. The fraction of sp³-hybridized carbons (Fsp3) is 0.207. The third-order valence-corrected chi connectivity index (χ3v) is 8.48. The Bertz CT molecular complexity index is 1770. The number of alkyl halides is 3. The Morgan fingerprint density at radius 2 is 1.77 bits per heavy atom. The molecule has 0 unspecified atom stereocenters. The maximum absolute atomic E-state index is 13.8. The number of rotatable bonds is 6. The highest BCUT2D eigenvalue weighted by Gasteiger charge is 2.33. The van der Waals surface area contributed by atoms with Crippen LogP contribution >= 0.6 is 23.1 Å². The van der Waals surface area contributed by atoms with Gasteiger partial charge in [-0.25, -0.2) is 9.79 Å². The molecule has 5 rings (SSSR count). The van der Waals surface area contributed by atoms with E-state index in [0.717, 1.165) is 22.7 Å². The van der Waals surface area contributed by atoms with Crippen molar-refractivity contribution in [2.75, 3.05) is 12.9 Å². The topological polar surface area (TPSA) is 60.7 Å². The van der Waals surface area contributed by atoms with E-state index in [-0.39, 0.29) is 5.56 Å². The van der Waals surface area contributed by atoms with Crippen molar-refractivity contribution in [2.24, 2.45) is 4.99 Å². The van der Waals surface area contributed by atoms with Gasteiger partial charge < -0.3 is 4.74 Å². The number of fused-ring (bicyclic) bond motifs is 2. The molecule has 0 aliphatic carbocycles. The number of carbonyl (C=O) groups excluding carboxylic acids is 1. The van der Waals surface area contributed by atoms with E-state index in [0.29, 0.717) is 42.9 Å². The second-order valence-electron chi connectivity index (χ2n) is 8.80. The summed E-state index contributed by atoms with van der Waals surface area (Å²) in [6.07, 6.45) is -2.07. The number of benzene rings is 3. The highest BCUT2D eigenvalue weighted by atomic mass is 32.2. The molecule has 0 saturated heterocycles. The number of allylic oxidation sites excluding steroid dienone is 1. The van der Waals surface area contributed by atoms with Crippen LogP contribution in [0, 0.1) is 0 Å². The van der Waals surface area contributed by atoms with Crippen molar-refractivity contribution in [3.05, 3.63) is 109 Å². The van der Waals surface area contributed by atoms with Crippen LogP contribution in [0.15, 0.2) is 92.7 Å². The zero-order valence-corrected chi connectivity index (χ0v) is 22.6. The predicted molar refractivity (Wildman–Crippen MR) is 148 cm³/mol. The van der Waals surface area contributed by atoms with Gasteiger partial charge in [0.1, 0.15) is 0 Å². The Labute approximate surface area is 230 Å². The van der Waals surface area contributed by atoms with Gasteiger partial charge in [0, 0.05) is 4.90 Å². The molecule has 200 valence electrons. The average Bonchev–Trinajstić information content (AvgIpc) is 3.25. The van der Waals surface area contributed by atoms with Crippen molar-refractivity contribution in [3.63, 3.8) is 0 Å². The van der Waals surface area contributed by atoms with Crippen LogP contribution in [0.3, 0.4) is 0 Å². The van der Waals surface area contributed by atoms with Gasteiger partial charge in [0.05, 0.1) is 34.7 Å². The van der Waals surface area contributed by atoms with Gasteiger partial charge in [-0.2, -0.15) is 13.2 Å². The fourth-order valence-electron chi connectivity index (χ4n) is 4.66. The van der Waals surface area contributed by atoms with E-state index < -0.39 is 23.9 Å². The maximum Gasteiger partial charge on any atom is 0.398 e. The minimum absolute atomic E-state index is 0.316. The van der Waals surface area contributed by atoms with E-state index in [1.165, 1.54) is 23.0 Å². The van der Waals surface area contributed by atoms with Gasteiger partial charge in [-0.1, -0.05) is 78.9 Å². The number of halogens is 3. The monoisotopic (exact) mass is 568 g/mol. The lowest BCUT2D eigenvalue weighted by Gasteiger charge is -2.25. The third-order valence-electron chi connectivity index (χ3n) is 6.36. The minimum atomic E-state index is -4.28. The first-order valence-electron chi connectivity index (χ1n) is 12.1. The summed E-state index contributed by atoms with van der Waals surface area (Å²) >= 11 is 1.95. The zero-order chi connectivity index (χ0) is 27.7. The van der Waals surface area contributed by atoms with Crippen LogP contribution in [0.25, 0.3) is 16.8 Å². The largest absolute Gasteiger partial charge is 0.466 e. The Morgan fingerprint density at radius 1 is 1.08 bits per heavy atom. The maximum atomic E-state index is 13.8. The summed E-state index contributed by atoms with van der Waals surface area (Å²) < 4.78 is 45.6. The first-order chi connectivity index (χ1) is 18.7. The molecule has 0 N–H and O–H groups in total. The van der Waals surface area contributed by atoms with E-state index in [9.17, 15) is 22.8 Å². The summed E-state index contributed by atoms with van der Waals surface area (Å²) in [5.41, 5.74) is 2.01. The molecule has 0 amide bonds. The molecular weight excluding hydrogens is 545 g/mol. The van der Waals surface area contributed by atoms with E-state index in [4.69, 9.17) is 4.74 Å². The molecule has 1 aliphatic rings. The standard InChI is InChI=1S/C29H23F3N2O3S2/c1-3-21-24(27(36)37-2)25(17-9-5-4-6-10-17)34-26(35)23(39-28(34)33-21)15-18-13-14-22(38-16-29(30,31)32)20-12-8-7-11-19(18)20/h4-15,25H,3,16H2,1-2H3/b23-15-/t25-/m1/s1. The number of carbonyl (C=O) groups is 1. The second-order valence-corrected chi connectivity index (χ2v) is 10.8. The van der Waals surface area contributed by atoms with Crippen LogP contribution in [0.5, 0.6) is 0 Å². The summed E-state index contributed by atoms with van der Waals surface area (Å²) in [6, 6.07) is 19.1. The molecule has 0 saturated carbocycles. The lowest BCUT2D eigenvalue weighted by molar-refractivity contribution is -0.136. The van der Waals surface area contributed by atoms with E-state index >= 15 is 0 Å². The minimum Gasteiger partial charge on any atom is -0.466 e. The highest BCUT2D eigenvalue weighted by Crippen LogP contribution is 2.34. The summed E-state index contributed by atoms with van der Waals surface area (Å²) in [4.78, 5) is 32.4. The molecule has 39 heavy (non-hydrogen) atoms. The number of hydrogen-bond donors (Lipinski definition) is 0. The molecule has 10 heteroatoms. The van der Waals surface area contributed by atoms with Gasteiger partial charge in [-0.3, -0.25) is 9.36 Å². The van der Waals surface area contributed by atoms with Gasteiger partial charge in [-0.05, 0) is 40.5 Å². The number of methoxy groups -OCH3 is 1. The quantitative estimate of drug-likeness (QED) is 0.224. The van der Waals surface area contributed by atoms with Crippen LogP contribution in [0.1, 0.15) is 30.5 Å². The molecule has 4 aromatic rings. The van der Waals surface area contributed by atoms with Crippen molar-refractivity contribution in [2.45, 2.75) is 30.5 Å². The van der Waals surface area contributed by atoms with Crippen molar-refractivity contribution in [1.82, 2.24) is 4.57 Å². The smallest absolute Gasteiger partial charge is 0.398 e. The first-order valence-corrected chi connectivity index (χ1v) is 13.9.